The number of aryl methyl sites for hydroxylation is 1. The standard InChI is InChI=1S/C31H32O8/c1-17-14-15-20-25(16-17)27(39-31(37)24-13-7-5-11-22(24)29(34)35)19-9-3-2-8-18(19)26(20)38-30(36)23-12-6-4-10-21(23)28(32)33/h2-3,8-9,14-16,21-24H,4-7,10-13H2,1H3,(H,32,33)(H,34,35). The molecule has 8 heteroatoms. The van der Waals surface area contributed by atoms with Crippen LogP contribution in [0.4, 0.5) is 0 Å². The number of hydrogen-bond acceptors (Lipinski definition) is 6. The van der Waals surface area contributed by atoms with Gasteiger partial charge in [0.15, 0.2) is 0 Å². The van der Waals surface area contributed by atoms with Gasteiger partial charge in [-0.2, -0.15) is 0 Å². The molecule has 2 N–H and O–H groups in total. The predicted octanol–water partition coefficient (Wildman–Crippen LogP) is 5.89. The average molecular weight is 533 g/mol. The maximum absolute atomic E-state index is 13.4. The number of benzene rings is 3. The normalized spacial score (nSPS) is 23.3. The van der Waals surface area contributed by atoms with Gasteiger partial charge in [0.1, 0.15) is 11.5 Å². The molecule has 0 saturated heterocycles. The number of carbonyl (C=O) groups excluding carboxylic acids is 2. The fraction of sp³-hybridized carbons (Fsp3) is 0.419. The largest absolute Gasteiger partial charge is 0.481 e. The Kier molecular flexibility index (Phi) is 7.55. The quantitative estimate of drug-likeness (QED) is 0.228. The van der Waals surface area contributed by atoms with Gasteiger partial charge < -0.3 is 19.7 Å². The number of esters is 2. The van der Waals surface area contributed by atoms with Crippen molar-refractivity contribution >= 4 is 45.4 Å². The van der Waals surface area contributed by atoms with Crippen molar-refractivity contribution in [2.45, 2.75) is 58.3 Å². The molecule has 2 fully saturated rings. The maximum atomic E-state index is 13.4. The van der Waals surface area contributed by atoms with Gasteiger partial charge in [0.05, 0.1) is 23.7 Å². The molecule has 3 aromatic carbocycles. The lowest BCUT2D eigenvalue weighted by molar-refractivity contribution is -0.154. The summed E-state index contributed by atoms with van der Waals surface area (Å²) in [4.78, 5) is 50.5. The molecule has 0 amide bonds. The Bertz CT molecular complexity index is 1460. The first-order valence-electron chi connectivity index (χ1n) is 13.6. The molecule has 0 spiro atoms. The summed E-state index contributed by atoms with van der Waals surface area (Å²) in [5.41, 5.74) is 0.895. The lowest BCUT2D eigenvalue weighted by Gasteiger charge is -2.28. The summed E-state index contributed by atoms with van der Waals surface area (Å²) in [5.74, 6) is -5.62. The smallest absolute Gasteiger partial charge is 0.315 e. The first-order valence-corrected chi connectivity index (χ1v) is 13.6. The highest BCUT2D eigenvalue weighted by molar-refractivity contribution is 6.13. The Balaban J connectivity index is 1.59. The number of carboxylic acid groups (broad SMARTS) is 2. The number of aliphatic carboxylic acids is 2. The highest BCUT2D eigenvalue weighted by Gasteiger charge is 2.39. The van der Waals surface area contributed by atoms with Crippen molar-refractivity contribution in [1.82, 2.24) is 0 Å². The summed E-state index contributed by atoms with van der Waals surface area (Å²) in [7, 11) is 0. The lowest BCUT2D eigenvalue weighted by atomic mass is 9.79. The fourth-order valence-corrected chi connectivity index (χ4v) is 6.20. The Morgan fingerprint density at radius 3 is 1.49 bits per heavy atom. The second-order valence-corrected chi connectivity index (χ2v) is 10.8. The van der Waals surface area contributed by atoms with Crippen LogP contribution >= 0.6 is 0 Å². The van der Waals surface area contributed by atoms with E-state index in [0.29, 0.717) is 58.7 Å². The van der Waals surface area contributed by atoms with Crippen molar-refractivity contribution in [3.8, 4) is 11.5 Å². The molecule has 2 aliphatic rings. The summed E-state index contributed by atoms with van der Waals surface area (Å²) < 4.78 is 12.0. The van der Waals surface area contributed by atoms with Crippen LogP contribution in [-0.4, -0.2) is 34.1 Å². The molecule has 0 radical (unpaired) electrons. The third-order valence-electron chi connectivity index (χ3n) is 8.26. The maximum Gasteiger partial charge on any atom is 0.315 e. The van der Waals surface area contributed by atoms with Crippen LogP contribution in [0.25, 0.3) is 21.5 Å². The molecule has 2 saturated carbocycles. The fourth-order valence-electron chi connectivity index (χ4n) is 6.20. The van der Waals surface area contributed by atoms with Gasteiger partial charge in [-0.3, -0.25) is 19.2 Å². The highest BCUT2D eigenvalue weighted by Crippen LogP contribution is 2.45. The summed E-state index contributed by atoms with van der Waals surface area (Å²) in [6, 6.07) is 12.6. The zero-order chi connectivity index (χ0) is 27.7. The number of carbonyl (C=O) groups is 4. The van der Waals surface area contributed by atoms with Crippen molar-refractivity contribution in [1.29, 1.82) is 0 Å². The molecule has 5 rings (SSSR count). The molecule has 0 heterocycles. The van der Waals surface area contributed by atoms with Crippen LogP contribution in [0.3, 0.4) is 0 Å². The van der Waals surface area contributed by atoms with E-state index >= 15 is 0 Å². The van der Waals surface area contributed by atoms with Gasteiger partial charge in [-0.1, -0.05) is 67.6 Å². The van der Waals surface area contributed by atoms with Crippen LogP contribution in [0, 0.1) is 30.6 Å². The van der Waals surface area contributed by atoms with Crippen LogP contribution in [0.5, 0.6) is 11.5 Å². The zero-order valence-corrected chi connectivity index (χ0v) is 21.9. The Hall–Kier alpha value is -3.94. The molecule has 8 nitrogen and oxygen atoms in total. The van der Waals surface area contributed by atoms with E-state index < -0.39 is 47.5 Å². The topological polar surface area (TPSA) is 127 Å². The van der Waals surface area contributed by atoms with E-state index in [1.807, 2.05) is 19.1 Å². The minimum Gasteiger partial charge on any atom is -0.481 e. The van der Waals surface area contributed by atoms with Crippen LogP contribution in [-0.2, 0) is 19.2 Å². The Labute approximate surface area is 225 Å². The van der Waals surface area contributed by atoms with Gasteiger partial charge in [0.25, 0.3) is 0 Å². The molecule has 0 bridgehead atoms. The first kappa shape index (κ1) is 26.7. The second kappa shape index (κ2) is 11.0. The number of hydrogen-bond donors (Lipinski definition) is 2. The average Bonchev–Trinajstić information content (AvgIpc) is 2.94. The van der Waals surface area contributed by atoms with E-state index in [9.17, 15) is 29.4 Å². The van der Waals surface area contributed by atoms with Crippen molar-refractivity contribution in [2.24, 2.45) is 23.7 Å². The highest BCUT2D eigenvalue weighted by atomic mass is 16.5. The number of fused-ring (bicyclic) bond motifs is 2. The minimum absolute atomic E-state index is 0.293. The first-order chi connectivity index (χ1) is 18.8. The van der Waals surface area contributed by atoms with Gasteiger partial charge in [-0.25, -0.2) is 0 Å². The van der Waals surface area contributed by atoms with Gasteiger partial charge >= 0.3 is 23.9 Å². The SMILES string of the molecule is Cc1ccc2c(OC(=O)C3CCCCC3C(=O)O)c3ccccc3c(OC(=O)C3CCCCC3C(=O)O)c2c1. The van der Waals surface area contributed by atoms with Crippen molar-refractivity contribution in [3.05, 3.63) is 48.0 Å². The molecule has 39 heavy (non-hydrogen) atoms. The van der Waals surface area contributed by atoms with Gasteiger partial charge in [-0.05, 0) is 38.7 Å². The number of carboxylic acids is 2. The Morgan fingerprint density at radius 1 is 0.615 bits per heavy atom. The van der Waals surface area contributed by atoms with E-state index in [4.69, 9.17) is 9.47 Å². The molecular weight excluding hydrogens is 500 g/mol. The molecule has 4 unspecified atom stereocenters. The van der Waals surface area contributed by atoms with Crippen LogP contribution in [0.15, 0.2) is 42.5 Å². The van der Waals surface area contributed by atoms with Gasteiger partial charge in [0, 0.05) is 21.5 Å². The molecule has 4 atom stereocenters. The van der Waals surface area contributed by atoms with Crippen molar-refractivity contribution < 1.29 is 38.9 Å². The molecule has 0 aliphatic heterocycles. The number of ether oxygens (including phenoxy) is 2. The summed E-state index contributed by atoms with van der Waals surface area (Å²) >= 11 is 0. The zero-order valence-electron chi connectivity index (χ0n) is 21.9. The lowest BCUT2D eigenvalue weighted by Crippen LogP contribution is -2.35. The van der Waals surface area contributed by atoms with Crippen LogP contribution in [0.1, 0.15) is 56.9 Å². The van der Waals surface area contributed by atoms with Crippen LogP contribution < -0.4 is 9.47 Å². The minimum atomic E-state index is -0.994. The van der Waals surface area contributed by atoms with E-state index in [1.54, 1.807) is 30.3 Å². The van der Waals surface area contributed by atoms with E-state index in [2.05, 4.69) is 0 Å². The second-order valence-electron chi connectivity index (χ2n) is 10.8. The van der Waals surface area contributed by atoms with Gasteiger partial charge in [0.2, 0.25) is 0 Å². The van der Waals surface area contributed by atoms with Gasteiger partial charge in [-0.15, -0.1) is 0 Å². The monoisotopic (exact) mass is 532 g/mol. The Morgan fingerprint density at radius 2 is 1.03 bits per heavy atom. The van der Waals surface area contributed by atoms with E-state index in [1.165, 1.54) is 0 Å². The third kappa shape index (κ3) is 5.20. The summed E-state index contributed by atoms with van der Waals surface area (Å²) in [5, 5.41) is 21.6. The molecule has 2 aliphatic carbocycles. The predicted molar refractivity (Wildman–Crippen MR) is 144 cm³/mol. The van der Waals surface area contributed by atoms with Crippen molar-refractivity contribution in [2.75, 3.05) is 0 Å². The summed E-state index contributed by atoms with van der Waals surface area (Å²) in [6.45, 7) is 1.90. The molecule has 0 aromatic heterocycles. The van der Waals surface area contributed by atoms with E-state index in [0.717, 1.165) is 31.2 Å². The molecule has 3 aromatic rings. The van der Waals surface area contributed by atoms with E-state index in [-0.39, 0.29) is 0 Å². The third-order valence-corrected chi connectivity index (χ3v) is 8.26. The van der Waals surface area contributed by atoms with Crippen LogP contribution in [0.2, 0.25) is 0 Å². The molecule has 204 valence electrons. The molecular formula is C31H32O8. The number of rotatable bonds is 6. The van der Waals surface area contributed by atoms with Crippen molar-refractivity contribution in [3.63, 3.8) is 0 Å². The summed E-state index contributed by atoms with van der Waals surface area (Å²) in [6.07, 6.45) is 4.81.